The Balaban J connectivity index is 1.07. The zero-order valence-corrected chi connectivity index (χ0v) is 29.4. The Kier molecular flexibility index (Phi) is 8.92. The van der Waals surface area contributed by atoms with E-state index in [1.54, 1.807) is 17.8 Å². The van der Waals surface area contributed by atoms with E-state index in [4.69, 9.17) is 56.9 Å². The first-order chi connectivity index (χ1) is 24.0. The number of fused-ring (bicyclic) bond motifs is 5. The van der Waals surface area contributed by atoms with Crippen LogP contribution < -0.4 is 10.5 Å². The van der Waals surface area contributed by atoms with Crippen molar-refractivity contribution in [2.75, 3.05) is 12.3 Å². The Bertz CT molecular complexity index is 2150. The van der Waals surface area contributed by atoms with E-state index in [-0.39, 0.29) is 35.9 Å². The lowest BCUT2D eigenvalue weighted by atomic mass is 10.1. The van der Waals surface area contributed by atoms with Crippen LogP contribution in [0.1, 0.15) is 31.2 Å². The second kappa shape index (κ2) is 13.1. The number of imidazole rings is 2. The molecule has 0 spiro atoms. The Labute approximate surface area is 293 Å². The van der Waals surface area contributed by atoms with Gasteiger partial charge in [0.05, 0.1) is 37.5 Å². The summed E-state index contributed by atoms with van der Waals surface area (Å²) in [6, 6.07) is 9.03. The monoisotopic (exact) mass is 765 g/mol. The Hall–Kier alpha value is -3.13. The van der Waals surface area contributed by atoms with E-state index in [0.29, 0.717) is 11.2 Å². The van der Waals surface area contributed by atoms with E-state index in [1.807, 2.05) is 30.3 Å². The van der Waals surface area contributed by atoms with Crippen LogP contribution in [-0.4, -0.2) is 86.0 Å². The molecule has 22 heteroatoms. The van der Waals surface area contributed by atoms with Gasteiger partial charge >= 0.3 is 13.4 Å². The van der Waals surface area contributed by atoms with E-state index in [0.717, 1.165) is 5.56 Å². The maximum absolute atomic E-state index is 16.3. The van der Waals surface area contributed by atoms with Crippen molar-refractivity contribution < 1.29 is 41.7 Å². The molecule has 264 valence electrons. The molecule has 3 aliphatic rings. The molecule has 50 heavy (non-hydrogen) atoms. The number of ether oxygens (including phenoxy) is 2. The summed E-state index contributed by atoms with van der Waals surface area (Å²) in [6.45, 7) is -6.55. The molecule has 2 aliphatic heterocycles. The van der Waals surface area contributed by atoms with Crippen molar-refractivity contribution in [1.82, 2.24) is 39.0 Å². The van der Waals surface area contributed by atoms with Crippen molar-refractivity contribution in [2.45, 2.75) is 62.8 Å². The molecule has 2 unspecified atom stereocenters. The molecule has 10 atom stereocenters. The fraction of sp³-hybridized carbons (Fsp3) is 0.429. The van der Waals surface area contributed by atoms with Gasteiger partial charge in [0, 0.05) is 5.92 Å². The first-order valence-electron chi connectivity index (χ1n) is 15.4. The third-order valence-corrected chi connectivity index (χ3v) is 12.1. The molecule has 6 heterocycles. The molecule has 1 saturated carbocycles. The average molecular weight is 766 g/mol. The number of aromatic nitrogens is 8. The summed E-state index contributed by atoms with van der Waals surface area (Å²) in [5, 5.41) is 0. The molecule has 4 N–H and O–H groups in total. The molecule has 3 fully saturated rings. The number of hydrogen-bond acceptors (Lipinski definition) is 15. The molecule has 2 saturated heterocycles. The highest BCUT2D eigenvalue weighted by Crippen LogP contribution is 2.58. The van der Waals surface area contributed by atoms with Crippen LogP contribution in [0.3, 0.4) is 0 Å². The number of alkyl halides is 1. The summed E-state index contributed by atoms with van der Waals surface area (Å²) in [5.74, 6) is -0.142. The predicted molar refractivity (Wildman–Crippen MR) is 181 cm³/mol. The van der Waals surface area contributed by atoms with Crippen LogP contribution in [0.15, 0.2) is 55.6 Å². The zero-order chi connectivity index (χ0) is 34.8. The van der Waals surface area contributed by atoms with E-state index >= 15 is 4.39 Å². The van der Waals surface area contributed by atoms with Crippen molar-refractivity contribution in [3.05, 3.63) is 61.2 Å². The van der Waals surface area contributed by atoms with E-state index in [2.05, 4.69) is 29.9 Å². The fourth-order valence-corrected chi connectivity index (χ4v) is 9.94. The molecular formula is C28H30FN9O8P2S2. The Morgan fingerprint density at radius 2 is 1.60 bits per heavy atom. The summed E-state index contributed by atoms with van der Waals surface area (Å²) in [6.07, 6.45) is -1.94. The van der Waals surface area contributed by atoms with Gasteiger partial charge in [0.25, 0.3) is 0 Å². The van der Waals surface area contributed by atoms with Gasteiger partial charge in [-0.1, -0.05) is 37.3 Å². The number of nitrogens with two attached hydrogens (primary N) is 1. The first kappa shape index (κ1) is 34.0. The molecule has 17 nitrogen and oxygen atoms in total. The number of nitrogen functional groups attached to an aromatic ring is 1. The summed E-state index contributed by atoms with van der Waals surface area (Å²) in [4.78, 5) is 48.2. The summed E-state index contributed by atoms with van der Waals surface area (Å²) < 4.78 is 55.1. The van der Waals surface area contributed by atoms with Gasteiger partial charge in [-0.25, -0.2) is 29.3 Å². The highest BCUT2D eigenvalue weighted by Gasteiger charge is 2.53. The molecular weight excluding hydrogens is 735 g/mol. The highest BCUT2D eigenvalue weighted by molar-refractivity contribution is 8.07. The van der Waals surface area contributed by atoms with Crippen molar-refractivity contribution in [3.8, 4) is 5.88 Å². The van der Waals surface area contributed by atoms with Gasteiger partial charge in [-0.15, -0.1) is 0 Å². The Morgan fingerprint density at radius 3 is 2.40 bits per heavy atom. The minimum atomic E-state index is -4.14. The van der Waals surface area contributed by atoms with Crippen LogP contribution in [-0.2, 0) is 53.1 Å². The van der Waals surface area contributed by atoms with Gasteiger partial charge in [-0.3, -0.25) is 9.09 Å². The standard InChI is InChI=1S/C28H30FN9O8P2S2/c1-14-17-7-16(37-12-36-21-26(37)33-11-34-27(21)41-8-15-5-3-2-4-6-15)22(14)45-47(39,49)42-9-18-23(46-48(40,50)44-17)19(29)28(43-18)38-13-35-20-24(30)31-10-32-25(20)38/h2-6,10-14,16-19,22-23,28H,7-9H2,1H3,(H,39,49)(H,40,50)(H2,30,31,32)/t14-,16-,17+,18-,19-,22-,23-,28-,47?,48?/m1/s1. The average Bonchev–Trinajstić information content (AvgIpc) is 3.85. The second-order valence-electron chi connectivity index (χ2n) is 12.0. The third-order valence-electron chi connectivity index (χ3n) is 8.97. The van der Waals surface area contributed by atoms with Crippen LogP contribution in [0.25, 0.3) is 22.3 Å². The lowest BCUT2D eigenvalue weighted by Gasteiger charge is -2.31. The second-order valence-corrected chi connectivity index (χ2v) is 17.6. The van der Waals surface area contributed by atoms with Gasteiger partial charge in [0.1, 0.15) is 37.0 Å². The molecule has 0 radical (unpaired) electrons. The number of hydrogen-bond donors (Lipinski definition) is 3. The van der Waals surface area contributed by atoms with Crippen LogP contribution in [0.2, 0.25) is 0 Å². The minimum Gasteiger partial charge on any atom is -0.471 e. The molecule has 2 bridgehead atoms. The number of anilines is 1. The van der Waals surface area contributed by atoms with Gasteiger partial charge in [-0.2, -0.15) is 4.98 Å². The third kappa shape index (κ3) is 6.32. The maximum Gasteiger partial charge on any atom is 0.325 e. The van der Waals surface area contributed by atoms with Gasteiger partial charge < -0.3 is 43.1 Å². The van der Waals surface area contributed by atoms with Crippen molar-refractivity contribution >= 4 is 65.2 Å². The number of benzene rings is 1. The summed E-state index contributed by atoms with van der Waals surface area (Å²) >= 11 is 10.9. The lowest BCUT2D eigenvalue weighted by Crippen LogP contribution is -2.35. The van der Waals surface area contributed by atoms with Crippen molar-refractivity contribution in [1.29, 1.82) is 0 Å². The van der Waals surface area contributed by atoms with E-state index in [1.165, 1.54) is 23.5 Å². The maximum atomic E-state index is 16.3. The predicted octanol–water partition coefficient (Wildman–Crippen LogP) is 3.26. The minimum absolute atomic E-state index is 0.0982. The topological polar surface area (TPSA) is 209 Å². The highest BCUT2D eigenvalue weighted by atomic mass is 32.5. The van der Waals surface area contributed by atoms with E-state index in [9.17, 15) is 9.79 Å². The van der Waals surface area contributed by atoms with Crippen molar-refractivity contribution in [2.24, 2.45) is 5.92 Å². The van der Waals surface area contributed by atoms with Gasteiger partial charge in [0.15, 0.2) is 35.0 Å². The van der Waals surface area contributed by atoms with Crippen LogP contribution in [0.4, 0.5) is 10.2 Å². The SMILES string of the molecule is C[C@H]1[C@H]2OP(O)(=S)OC[C@H]3O[C@@H](n4cnc5c(N)ncnc54)[C@H](F)[C@@H]3OP(O)(=S)O[C@H]1C[C@H]2n1cnc2c(OCc3ccccc3)ncnc21. The molecule has 5 aromatic rings. The van der Waals surface area contributed by atoms with Crippen LogP contribution >= 0.6 is 13.4 Å². The van der Waals surface area contributed by atoms with Gasteiger partial charge in [-0.05, 0) is 35.6 Å². The Morgan fingerprint density at radius 1 is 0.900 bits per heavy atom. The zero-order valence-electron chi connectivity index (χ0n) is 26.0. The fourth-order valence-electron chi connectivity index (χ4n) is 6.57. The number of nitrogens with zero attached hydrogens (tertiary/aromatic N) is 8. The smallest absolute Gasteiger partial charge is 0.325 e. The van der Waals surface area contributed by atoms with Crippen molar-refractivity contribution in [3.63, 3.8) is 0 Å². The molecule has 4 aromatic heterocycles. The molecule has 0 amide bonds. The molecule has 8 rings (SSSR count). The summed E-state index contributed by atoms with van der Waals surface area (Å²) in [7, 11) is 0. The lowest BCUT2D eigenvalue weighted by molar-refractivity contribution is -0.0475. The van der Waals surface area contributed by atoms with Crippen LogP contribution in [0.5, 0.6) is 5.88 Å². The number of rotatable bonds is 5. The number of halogens is 1. The largest absolute Gasteiger partial charge is 0.471 e. The summed E-state index contributed by atoms with van der Waals surface area (Å²) in [5.41, 5.74) is 8.14. The quantitative estimate of drug-likeness (QED) is 0.219. The first-order valence-corrected chi connectivity index (χ1v) is 20.6. The van der Waals surface area contributed by atoms with Crippen LogP contribution in [0, 0.1) is 5.92 Å². The van der Waals surface area contributed by atoms with Gasteiger partial charge in [0.2, 0.25) is 5.88 Å². The van der Waals surface area contributed by atoms with E-state index < -0.39 is 68.8 Å². The molecule has 1 aliphatic carbocycles. The normalized spacial score (nSPS) is 34.7. The molecule has 1 aromatic carbocycles.